The Morgan fingerprint density at radius 1 is 1.47 bits per heavy atom. The van der Waals surface area contributed by atoms with Crippen molar-refractivity contribution < 1.29 is 18.7 Å². The number of aryl methyl sites for hydroxylation is 1. The summed E-state index contributed by atoms with van der Waals surface area (Å²) in [6, 6.07) is 7.34. The van der Waals surface area contributed by atoms with Crippen molar-refractivity contribution in [2.75, 3.05) is 6.54 Å². The lowest BCUT2D eigenvalue weighted by Gasteiger charge is -2.10. The molecule has 2 aromatic rings. The highest BCUT2D eigenvalue weighted by molar-refractivity contribution is 5.94. The van der Waals surface area contributed by atoms with Crippen LogP contribution in [-0.4, -0.2) is 17.6 Å². The second-order valence-electron chi connectivity index (χ2n) is 4.26. The first-order valence-electron chi connectivity index (χ1n) is 5.83. The number of carbonyl (C=O) groups is 1. The second-order valence-corrected chi connectivity index (χ2v) is 4.26. The van der Waals surface area contributed by atoms with Crippen molar-refractivity contribution in [2.45, 2.75) is 13.0 Å². The maximum absolute atomic E-state index is 13.2. The van der Waals surface area contributed by atoms with Gasteiger partial charge in [0, 0.05) is 5.56 Å². The summed E-state index contributed by atoms with van der Waals surface area (Å²) in [5.74, 6) is -0.527. The number of halogens is 1. The van der Waals surface area contributed by atoms with Gasteiger partial charge in [0.25, 0.3) is 5.91 Å². The molecule has 0 spiro atoms. The molecule has 1 amide bonds. The lowest BCUT2D eigenvalue weighted by Crippen LogP contribution is -2.28. The number of rotatable bonds is 4. The first-order chi connectivity index (χ1) is 9.06. The van der Waals surface area contributed by atoms with Gasteiger partial charge in [-0.2, -0.15) is 0 Å². The second kappa shape index (κ2) is 5.67. The van der Waals surface area contributed by atoms with Crippen molar-refractivity contribution in [1.82, 2.24) is 5.32 Å². The Morgan fingerprint density at radius 2 is 2.26 bits per heavy atom. The highest BCUT2D eigenvalue weighted by Crippen LogP contribution is 2.12. The van der Waals surface area contributed by atoms with Crippen LogP contribution in [0.5, 0.6) is 0 Å². The zero-order chi connectivity index (χ0) is 13.8. The summed E-state index contributed by atoms with van der Waals surface area (Å²) in [5, 5.41) is 12.3. The molecule has 0 saturated carbocycles. The largest absolute Gasteiger partial charge is 0.467 e. The lowest BCUT2D eigenvalue weighted by atomic mass is 10.1. The smallest absolute Gasteiger partial charge is 0.251 e. The van der Waals surface area contributed by atoms with E-state index >= 15 is 0 Å². The normalized spacial score (nSPS) is 12.2. The fourth-order valence-electron chi connectivity index (χ4n) is 1.74. The highest BCUT2D eigenvalue weighted by Gasteiger charge is 2.13. The Bertz CT molecular complexity index is 546. The lowest BCUT2D eigenvalue weighted by molar-refractivity contribution is 0.0900. The van der Waals surface area contributed by atoms with Gasteiger partial charge in [0.1, 0.15) is 17.7 Å². The third-order valence-electron chi connectivity index (χ3n) is 2.63. The van der Waals surface area contributed by atoms with Crippen LogP contribution in [0, 0.1) is 12.7 Å². The van der Waals surface area contributed by atoms with Crippen molar-refractivity contribution in [3.05, 3.63) is 59.3 Å². The molecule has 0 bridgehead atoms. The number of aliphatic hydroxyl groups is 1. The van der Waals surface area contributed by atoms with Crippen LogP contribution < -0.4 is 5.32 Å². The van der Waals surface area contributed by atoms with Crippen LogP contribution in [0.2, 0.25) is 0 Å². The van der Waals surface area contributed by atoms with Gasteiger partial charge in [0.15, 0.2) is 0 Å². The number of furan rings is 1. The summed E-state index contributed by atoms with van der Waals surface area (Å²) >= 11 is 0. The van der Waals surface area contributed by atoms with Crippen LogP contribution in [0.1, 0.15) is 27.8 Å². The molecule has 100 valence electrons. The molecule has 0 aliphatic heterocycles. The Kier molecular flexibility index (Phi) is 3.97. The van der Waals surface area contributed by atoms with Gasteiger partial charge in [-0.15, -0.1) is 0 Å². The van der Waals surface area contributed by atoms with Gasteiger partial charge in [-0.1, -0.05) is 0 Å². The van der Waals surface area contributed by atoms with E-state index in [4.69, 9.17) is 4.42 Å². The zero-order valence-electron chi connectivity index (χ0n) is 10.4. The number of hydrogen-bond acceptors (Lipinski definition) is 3. The van der Waals surface area contributed by atoms with Crippen molar-refractivity contribution in [1.29, 1.82) is 0 Å². The van der Waals surface area contributed by atoms with Gasteiger partial charge in [-0.25, -0.2) is 4.39 Å². The number of aliphatic hydroxyl groups excluding tert-OH is 1. The maximum atomic E-state index is 13.2. The summed E-state index contributed by atoms with van der Waals surface area (Å²) in [6.45, 7) is 1.71. The van der Waals surface area contributed by atoms with Gasteiger partial charge in [-0.05, 0) is 42.8 Å². The van der Waals surface area contributed by atoms with Crippen molar-refractivity contribution in [3.8, 4) is 0 Å². The van der Waals surface area contributed by atoms with Crippen molar-refractivity contribution in [2.24, 2.45) is 0 Å². The number of hydrogen-bond donors (Lipinski definition) is 2. The molecule has 2 N–H and O–H groups in total. The minimum Gasteiger partial charge on any atom is -0.467 e. The summed E-state index contributed by atoms with van der Waals surface area (Å²) < 4.78 is 18.2. The molecular weight excluding hydrogens is 249 g/mol. The molecular formula is C14H14FNO3. The van der Waals surface area contributed by atoms with E-state index in [2.05, 4.69) is 5.32 Å². The summed E-state index contributed by atoms with van der Waals surface area (Å²) in [7, 11) is 0. The van der Waals surface area contributed by atoms with Crippen LogP contribution in [0.4, 0.5) is 4.39 Å². The predicted molar refractivity (Wildman–Crippen MR) is 67.1 cm³/mol. The molecule has 1 aromatic carbocycles. The van der Waals surface area contributed by atoms with Crippen LogP contribution in [0.25, 0.3) is 0 Å². The molecule has 1 aromatic heterocycles. The first-order valence-corrected chi connectivity index (χ1v) is 5.83. The highest BCUT2D eigenvalue weighted by atomic mass is 19.1. The van der Waals surface area contributed by atoms with Gasteiger partial charge in [0.2, 0.25) is 0 Å². The molecule has 0 radical (unpaired) electrons. The molecule has 1 unspecified atom stereocenters. The van der Waals surface area contributed by atoms with Gasteiger partial charge < -0.3 is 14.8 Å². The first kappa shape index (κ1) is 13.3. The third-order valence-corrected chi connectivity index (χ3v) is 2.63. The standard InChI is InChI=1S/C14H14FNO3/c1-9-5-10(7-11(15)6-9)14(18)16-8-12(17)13-3-2-4-19-13/h2-7,12,17H,8H2,1H3,(H,16,18). The molecule has 0 aliphatic rings. The van der Waals surface area contributed by atoms with E-state index in [0.29, 0.717) is 11.3 Å². The van der Waals surface area contributed by atoms with E-state index in [9.17, 15) is 14.3 Å². The Morgan fingerprint density at radius 3 is 2.89 bits per heavy atom. The van der Waals surface area contributed by atoms with E-state index in [1.54, 1.807) is 25.1 Å². The molecule has 0 aliphatic carbocycles. The van der Waals surface area contributed by atoms with Gasteiger partial charge >= 0.3 is 0 Å². The number of benzene rings is 1. The number of carbonyl (C=O) groups excluding carboxylic acids is 1. The Hall–Kier alpha value is -2.14. The quantitative estimate of drug-likeness (QED) is 0.888. The maximum Gasteiger partial charge on any atom is 0.251 e. The van der Waals surface area contributed by atoms with E-state index in [1.165, 1.54) is 12.3 Å². The van der Waals surface area contributed by atoms with E-state index in [0.717, 1.165) is 6.07 Å². The van der Waals surface area contributed by atoms with Gasteiger partial charge in [0.05, 0.1) is 12.8 Å². The Labute approximate surface area is 109 Å². The third kappa shape index (κ3) is 3.42. The Balaban J connectivity index is 1.98. The molecule has 4 nitrogen and oxygen atoms in total. The summed E-state index contributed by atoms with van der Waals surface area (Å²) in [6.07, 6.45) is 0.518. The van der Waals surface area contributed by atoms with E-state index in [-0.39, 0.29) is 12.1 Å². The fourth-order valence-corrected chi connectivity index (χ4v) is 1.74. The van der Waals surface area contributed by atoms with E-state index < -0.39 is 17.8 Å². The minimum atomic E-state index is -0.923. The monoisotopic (exact) mass is 263 g/mol. The van der Waals surface area contributed by atoms with Crippen molar-refractivity contribution in [3.63, 3.8) is 0 Å². The average Bonchev–Trinajstić information content (AvgIpc) is 2.88. The molecule has 1 heterocycles. The molecule has 0 fully saturated rings. The van der Waals surface area contributed by atoms with Crippen LogP contribution in [0.3, 0.4) is 0 Å². The molecule has 2 rings (SSSR count). The molecule has 0 saturated heterocycles. The fraction of sp³-hybridized carbons (Fsp3) is 0.214. The molecule has 19 heavy (non-hydrogen) atoms. The predicted octanol–water partition coefficient (Wildman–Crippen LogP) is 2.19. The molecule has 5 heteroatoms. The van der Waals surface area contributed by atoms with Gasteiger partial charge in [-0.3, -0.25) is 4.79 Å². The van der Waals surface area contributed by atoms with Crippen molar-refractivity contribution >= 4 is 5.91 Å². The molecule has 1 atom stereocenters. The summed E-state index contributed by atoms with van der Waals surface area (Å²) in [5.41, 5.74) is 0.890. The van der Waals surface area contributed by atoms with E-state index in [1.807, 2.05) is 0 Å². The van der Waals surface area contributed by atoms with Crippen LogP contribution in [-0.2, 0) is 0 Å². The SMILES string of the molecule is Cc1cc(F)cc(C(=O)NCC(O)c2ccco2)c1. The zero-order valence-corrected chi connectivity index (χ0v) is 10.4. The average molecular weight is 263 g/mol. The van der Waals surface area contributed by atoms with Crippen LogP contribution >= 0.6 is 0 Å². The topological polar surface area (TPSA) is 62.5 Å². The summed E-state index contributed by atoms with van der Waals surface area (Å²) in [4.78, 5) is 11.8. The minimum absolute atomic E-state index is 0.00189. The number of nitrogens with one attached hydrogen (secondary N) is 1. The van der Waals surface area contributed by atoms with Crippen LogP contribution in [0.15, 0.2) is 41.0 Å². The number of amides is 1.